The Bertz CT molecular complexity index is 230. The molecule has 1 unspecified atom stereocenters. The van der Waals surface area contributed by atoms with Gasteiger partial charge in [0.1, 0.15) is 0 Å². The monoisotopic (exact) mass is 244 g/mol. The molecule has 5 heteroatoms. The van der Waals surface area contributed by atoms with Gasteiger partial charge in [0.05, 0.1) is 6.61 Å². The lowest BCUT2D eigenvalue weighted by molar-refractivity contribution is 0.0561. The molecule has 0 spiro atoms. The molecule has 2 N–H and O–H groups in total. The van der Waals surface area contributed by atoms with Crippen molar-refractivity contribution < 1.29 is 14.6 Å². The zero-order chi connectivity index (χ0) is 12.7. The Morgan fingerprint density at radius 2 is 2.18 bits per heavy atom. The summed E-state index contributed by atoms with van der Waals surface area (Å²) in [5.74, 6) is 0.500. The van der Waals surface area contributed by atoms with Crippen molar-refractivity contribution in [1.82, 2.24) is 10.2 Å². The standard InChI is InChI=1S/C12H24N2O3/c1-3-14(6-7-15)12(16)13-10(2)11-4-8-17-9-5-11/h10-11,15H,3-9H2,1-2H3,(H,13,16). The van der Waals surface area contributed by atoms with Crippen LogP contribution < -0.4 is 5.32 Å². The summed E-state index contributed by atoms with van der Waals surface area (Å²) in [4.78, 5) is 13.5. The van der Waals surface area contributed by atoms with Crippen molar-refractivity contribution in [2.45, 2.75) is 32.7 Å². The van der Waals surface area contributed by atoms with Gasteiger partial charge in [0.25, 0.3) is 0 Å². The van der Waals surface area contributed by atoms with E-state index in [2.05, 4.69) is 5.32 Å². The molecule has 1 aliphatic heterocycles. The number of carbonyl (C=O) groups is 1. The van der Waals surface area contributed by atoms with E-state index in [0.29, 0.717) is 19.0 Å². The Morgan fingerprint density at radius 1 is 1.53 bits per heavy atom. The molecule has 100 valence electrons. The zero-order valence-electron chi connectivity index (χ0n) is 10.8. The molecule has 1 atom stereocenters. The van der Waals surface area contributed by atoms with Crippen molar-refractivity contribution in [2.75, 3.05) is 32.9 Å². The van der Waals surface area contributed by atoms with E-state index in [-0.39, 0.29) is 18.7 Å². The molecule has 0 bridgehead atoms. The highest BCUT2D eigenvalue weighted by molar-refractivity contribution is 5.74. The Labute approximate surface area is 103 Å². The lowest BCUT2D eigenvalue weighted by atomic mass is 9.93. The number of nitrogens with zero attached hydrogens (tertiary/aromatic N) is 1. The van der Waals surface area contributed by atoms with Crippen LogP contribution in [0.4, 0.5) is 4.79 Å². The molecule has 0 radical (unpaired) electrons. The van der Waals surface area contributed by atoms with Crippen LogP contribution in [0.2, 0.25) is 0 Å². The van der Waals surface area contributed by atoms with Crippen molar-refractivity contribution >= 4 is 6.03 Å². The first-order valence-corrected chi connectivity index (χ1v) is 6.43. The summed E-state index contributed by atoms with van der Waals surface area (Å²) in [5, 5.41) is 11.9. The highest BCUT2D eigenvalue weighted by Gasteiger charge is 2.23. The van der Waals surface area contributed by atoms with Crippen LogP contribution in [0, 0.1) is 5.92 Å². The molecule has 5 nitrogen and oxygen atoms in total. The predicted molar refractivity (Wildman–Crippen MR) is 65.9 cm³/mol. The number of ether oxygens (including phenoxy) is 1. The average molecular weight is 244 g/mol. The van der Waals surface area contributed by atoms with Gasteiger partial charge < -0.3 is 20.1 Å². The van der Waals surface area contributed by atoms with Crippen molar-refractivity contribution in [3.63, 3.8) is 0 Å². The van der Waals surface area contributed by atoms with Crippen molar-refractivity contribution in [3.05, 3.63) is 0 Å². The third-order valence-corrected chi connectivity index (χ3v) is 3.36. The fourth-order valence-corrected chi connectivity index (χ4v) is 2.14. The summed E-state index contributed by atoms with van der Waals surface area (Å²) in [5.41, 5.74) is 0. The Kier molecular flexibility index (Phi) is 6.29. The van der Waals surface area contributed by atoms with E-state index in [1.54, 1.807) is 4.90 Å². The third-order valence-electron chi connectivity index (χ3n) is 3.36. The van der Waals surface area contributed by atoms with Crippen LogP contribution in [0.1, 0.15) is 26.7 Å². The Balaban J connectivity index is 2.37. The molecule has 1 heterocycles. The number of hydrogen-bond donors (Lipinski definition) is 2. The van der Waals surface area contributed by atoms with Crippen molar-refractivity contribution in [3.8, 4) is 0 Å². The molecule has 0 saturated carbocycles. The second kappa shape index (κ2) is 7.50. The van der Waals surface area contributed by atoms with E-state index in [0.717, 1.165) is 26.1 Å². The number of aliphatic hydroxyl groups is 1. The van der Waals surface area contributed by atoms with Crippen molar-refractivity contribution in [2.24, 2.45) is 5.92 Å². The highest BCUT2D eigenvalue weighted by atomic mass is 16.5. The van der Waals surface area contributed by atoms with E-state index in [9.17, 15) is 4.79 Å². The van der Waals surface area contributed by atoms with E-state index in [4.69, 9.17) is 9.84 Å². The second-order valence-electron chi connectivity index (χ2n) is 4.49. The number of urea groups is 1. The van der Waals surface area contributed by atoms with E-state index in [1.165, 1.54) is 0 Å². The second-order valence-corrected chi connectivity index (χ2v) is 4.49. The van der Waals surface area contributed by atoms with Gasteiger partial charge in [-0.25, -0.2) is 4.79 Å². The smallest absolute Gasteiger partial charge is 0.317 e. The largest absolute Gasteiger partial charge is 0.395 e. The number of rotatable bonds is 5. The molecule has 0 aromatic rings. The van der Waals surface area contributed by atoms with E-state index < -0.39 is 0 Å². The first-order chi connectivity index (χ1) is 8.19. The minimum Gasteiger partial charge on any atom is -0.395 e. The zero-order valence-corrected chi connectivity index (χ0v) is 10.8. The highest BCUT2D eigenvalue weighted by Crippen LogP contribution is 2.18. The summed E-state index contributed by atoms with van der Waals surface area (Å²) in [7, 11) is 0. The Hall–Kier alpha value is -0.810. The summed E-state index contributed by atoms with van der Waals surface area (Å²) in [6.07, 6.45) is 2.02. The summed E-state index contributed by atoms with van der Waals surface area (Å²) in [6.45, 7) is 6.55. The quantitative estimate of drug-likeness (QED) is 0.753. The summed E-state index contributed by atoms with van der Waals surface area (Å²) >= 11 is 0. The van der Waals surface area contributed by atoms with Gasteiger partial charge in [-0.3, -0.25) is 0 Å². The van der Waals surface area contributed by atoms with Crippen LogP contribution in [0.3, 0.4) is 0 Å². The van der Waals surface area contributed by atoms with Gasteiger partial charge in [-0.2, -0.15) is 0 Å². The maximum absolute atomic E-state index is 11.9. The van der Waals surface area contributed by atoms with Gasteiger partial charge in [0.15, 0.2) is 0 Å². The average Bonchev–Trinajstić information content (AvgIpc) is 2.36. The maximum atomic E-state index is 11.9. The fraction of sp³-hybridized carbons (Fsp3) is 0.917. The number of aliphatic hydroxyl groups excluding tert-OH is 1. The van der Waals surface area contributed by atoms with Crippen LogP contribution in [0.15, 0.2) is 0 Å². The first-order valence-electron chi connectivity index (χ1n) is 6.43. The minimum atomic E-state index is -0.0828. The molecule has 0 aromatic heterocycles. The van der Waals surface area contributed by atoms with Gasteiger partial charge in [-0.05, 0) is 32.6 Å². The van der Waals surface area contributed by atoms with Gasteiger partial charge in [0, 0.05) is 32.3 Å². The number of nitrogens with one attached hydrogen (secondary N) is 1. The molecule has 1 saturated heterocycles. The topological polar surface area (TPSA) is 61.8 Å². The molecule has 1 rings (SSSR count). The molecule has 1 fully saturated rings. The molecule has 0 aliphatic carbocycles. The molecule has 0 aromatic carbocycles. The van der Waals surface area contributed by atoms with Crippen molar-refractivity contribution in [1.29, 1.82) is 0 Å². The van der Waals surface area contributed by atoms with Gasteiger partial charge in [-0.15, -0.1) is 0 Å². The van der Waals surface area contributed by atoms with E-state index >= 15 is 0 Å². The lowest BCUT2D eigenvalue weighted by Crippen LogP contribution is -2.48. The molecular formula is C12H24N2O3. The van der Waals surface area contributed by atoms with Crippen LogP contribution in [0.5, 0.6) is 0 Å². The van der Waals surface area contributed by atoms with Gasteiger partial charge in [-0.1, -0.05) is 0 Å². The number of hydrogen-bond acceptors (Lipinski definition) is 3. The van der Waals surface area contributed by atoms with Crippen LogP contribution in [-0.4, -0.2) is 55.0 Å². The molecule has 2 amide bonds. The summed E-state index contributed by atoms with van der Waals surface area (Å²) < 4.78 is 5.31. The van der Waals surface area contributed by atoms with Gasteiger partial charge in [0.2, 0.25) is 0 Å². The normalized spacial score (nSPS) is 18.8. The fourth-order valence-electron chi connectivity index (χ4n) is 2.14. The minimum absolute atomic E-state index is 0.00685. The lowest BCUT2D eigenvalue weighted by Gasteiger charge is -2.30. The SMILES string of the molecule is CCN(CCO)C(=O)NC(C)C1CCOCC1. The number of likely N-dealkylation sites (N-methyl/N-ethyl adjacent to an activating group) is 1. The van der Waals surface area contributed by atoms with E-state index in [1.807, 2.05) is 13.8 Å². The molecular weight excluding hydrogens is 220 g/mol. The molecule has 1 aliphatic rings. The van der Waals surface area contributed by atoms with Crippen LogP contribution >= 0.6 is 0 Å². The number of amides is 2. The summed E-state index contributed by atoms with van der Waals surface area (Å²) in [6, 6.07) is 0.0830. The number of carbonyl (C=O) groups excluding carboxylic acids is 1. The van der Waals surface area contributed by atoms with Crippen LogP contribution in [-0.2, 0) is 4.74 Å². The van der Waals surface area contributed by atoms with Crippen LogP contribution in [0.25, 0.3) is 0 Å². The Morgan fingerprint density at radius 3 is 2.71 bits per heavy atom. The third kappa shape index (κ3) is 4.52. The first kappa shape index (κ1) is 14.3. The van der Waals surface area contributed by atoms with Gasteiger partial charge >= 0.3 is 6.03 Å². The predicted octanol–water partition coefficient (Wildman–Crippen LogP) is 0.825. The molecule has 17 heavy (non-hydrogen) atoms. The maximum Gasteiger partial charge on any atom is 0.317 e.